The van der Waals surface area contributed by atoms with Crippen molar-refractivity contribution < 1.29 is 28.7 Å². The molecule has 1 atom stereocenters. The van der Waals surface area contributed by atoms with Gasteiger partial charge in [-0.25, -0.2) is 9.97 Å². The molecule has 1 saturated heterocycles. The van der Waals surface area contributed by atoms with E-state index in [1.165, 1.54) is 11.0 Å². The fourth-order valence-electron chi connectivity index (χ4n) is 8.72. The molecular weight excluding hydrogens is 849 g/mol. The lowest BCUT2D eigenvalue weighted by molar-refractivity contribution is -0.137. The summed E-state index contributed by atoms with van der Waals surface area (Å²) in [5, 5.41) is 12.6. The normalized spacial score (nSPS) is 14.4. The Morgan fingerprint density at radius 1 is 0.955 bits per heavy atom. The number of likely N-dealkylation sites (N-methyl/N-ethyl adjacent to an activating group) is 1. The van der Waals surface area contributed by atoms with Gasteiger partial charge in [-0.15, -0.1) is 6.42 Å². The SMILES string of the molecule is C#CCN(CCCCCCCCC(=O)Nc1cccc2c1CN(C1CCC(=O)NC1=O)C2=O)CCN(C)c1cc(OC)c(Nc2nccc(-c3cn(C)c4ccccc34)n2)cc1NC(=O)C=C. The number of carbonyl (C=O) groups excluding carboxylic acids is 5. The molecular formula is C51H58N10O6. The highest BCUT2D eigenvalue weighted by molar-refractivity contribution is 6.07. The van der Waals surface area contributed by atoms with Crippen molar-refractivity contribution in [2.24, 2.45) is 7.05 Å². The number of unbranched alkanes of at least 4 members (excludes halogenated alkanes) is 5. The molecule has 0 aliphatic carbocycles. The molecule has 67 heavy (non-hydrogen) atoms. The van der Waals surface area contributed by atoms with Gasteiger partial charge in [0, 0.05) is 98.3 Å². The Balaban J connectivity index is 0.870. The lowest BCUT2D eigenvalue weighted by Crippen LogP contribution is -2.52. The highest BCUT2D eigenvalue weighted by Gasteiger charge is 2.40. The van der Waals surface area contributed by atoms with Gasteiger partial charge in [0.2, 0.25) is 29.6 Å². The van der Waals surface area contributed by atoms with Gasteiger partial charge in [-0.1, -0.05) is 62.4 Å². The highest BCUT2D eigenvalue weighted by atomic mass is 16.5. The number of imide groups is 1. The smallest absolute Gasteiger partial charge is 0.255 e. The number of rotatable bonds is 22. The summed E-state index contributed by atoms with van der Waals surface area (Å²) in [4.78, 5) is 78.0. The summed E-state index contributed by atoms with van der Waals surface area (Å²) in [6, 6.07) is 18.2. The number of hydrogen-bond acceptors (Lipinski definition) is 11. The first kappa shape index (κ1) is 47.5. The molecule has 16 nitrogen and oxygen atoms in total. The molecule has 2 aliphatic heterocycles. The zero-order valence-corrected chi connectivity index (χ0v) is 38.4. The molecule has 0 saturated carbocycles. The summed E-state index contributed by atoms with van der Waals surface area (Å²) in [5.41, 5.74) is 6.44. The number of fused-ring (bicyclic) bond motifs is 2. The number of amides is 5. The Bertz CT molecular complexity index is 2710. The van der Waals surface area contributed by atoms with Gasteiger partial charge >= 0.3 is 0 Å². The number of aromatic nitrogens is 3. The lowest BCUT2D eigenvalue weighted by atomic mass is 10.0. The van der Waals surface area contributed by atoms with Crippen LogP contribution < -0.4 is 30.9 Å². The first-order chi connectivity index (χ1) is 32.5. The maximum atomic E-state index is 13.2. The number of benzene rings is 3. The second kappa shape index (κ2) is 22.1. The third-order valence-electron chi connectivity index (χ3n) is 12.3. The Morgan fingerprint density at radius 2 is 1.75 bits per heavy atom. The van der Waals surface area contributed by atoms with Crippen molar-refractivity contribution in [1.29, 1.82) is 0 Å². The number of para-hydroxylation sites is 1. The second-order valence-electron chi connectivity index (χ2n) is 16.9. The molecule has 16 heteroatoms. The largest absolute Gasteiger partial charge is 0.494 e. The van der Waals surface area contributed by atoms with E-state index >= 15 is 0 Å². The fourth-order valence-corrected chi connectivity index (χ4v) is 8.72. The van der Waals surface area contributed by atoms with Crippen LogP contribution in [0.3, 0.4) is 0 Å². The van der Waals surface area contributed by atoms with Crippen LogP contribution in [0.25, 0.3) is 22.2 Å². The van der Waals surface area contributed by atoms with Crippen molar-refractivity contribution in [3.05, 3.63) is 96.8 Å². The number of nitrogens with one attached hydrogen (secondary N) is 4. The molecule has 348 valence electrons. The van der Waals surface area contributed by atoms with Crippen LogP contribution in [0.4, 0.5) is 28.7 Å². The van der Waals surface area contributed by atoms with Gasteiger partial charge in [-0.2, -0.15) is 0 Å². The molecule has 4 heterocycles. The van der Waals surface area contributed by atoms with Crippen molar-refractivity contribution >= 4 is 69.1 Å². The van der Waals surface area contributed by atoms with E-state index in [9.17, 15) is 24.0 Å². The molecule has 4 N–H and O–H groups in total. The predicted octanol–water partition coefficient (Wildman–Crippen LogP) is 7.01. The standard InChI is InChI=1S/C51H58N10O6/c1-6-26-60(27-15-11-9-8-10-12-21-47(63)53-38-19-16-18-35-37(38)33-61(50(35)66)43-22-23-48(64)57-49(43)65)29-28-58(3)44-31-45(67-5)41(30-40(44)54-46(62)7-2)56-51-52-25-24-39(55-51)36-32-59(4)42-20-14-13-17-34(36)42/h1,7,13-14,16-20,24-25,30-32,43H,2,8-12,15,21-23,26-29,33H2,3-5H3,(H,53,63)(H,54,62)(H,52,55,56)(H,57,64,65). The van der Waals surface area contributed by atoms with E-state index in [4.69, 9.17) is 16.1 Å². The lowest BCUT2D eigenvalue weighted by Gasteiger charge is -2.29. The minimum atomic E-state index is -0.714. The van der Waals surface area contributed by atoms with E-state index in [0.717, 1.165) is 72.9 Å². The first-order valence-electron chi connectivity index (χ1n) is 22.7. The molecule has 2 aromatic heterocycles. The van der Waals surface area contributed by atoms with Gasteiger partial charge in [0.25, 0.3) is 5.91 Å². The highest BCUT2D eigenvalue weighted by Crippen LogP contribution is 2.39. The van der Waals surface area contributed by atoms with E-state index in [2.05, 4.69) is 71.4 Å². The van der Waals surface area contributed by atoms with Crippen molar-refractivity contribution in [1.82, 2.24) is 29.7 Å². The molecule has 1 fully saturated rings. The monoisotopic (exact) mass is 906 g/mol. The van der Waals surface area contributed by atoms with Crippen molar-refractivity contribution in [3.63, 3.8) is 0 Å². The molecule has 5 aromatic rings. The van der Waals surface area contributed by atoms with Gasteiger partial charge in [0.1, 0.15) is 11.8 Å². The zero-order valence-electron chi connectivity index (χ0n) is 38.4. The number of aryl methyl sites for hydroxylation is 1. The summed E-state index contributed by atoms with van der Waals surface area (Å²) in [6.07, 6.45) is 17.3. The summed E-state index contributed by atoms with van der Waals surface area (Å²) in [5.74, 6) is 2.15. The van der Waals surface area contributed by atoms with E-state index in [1.54, 1.807) is 31.5 Å². The minimum absolute atomic E-state index is 0.120. The topological polar surface area (TPSA) is 183 Å². The van der Waals surface area contributed by atoms with Crippen LogP contribution in [0.1, 0.15) is 73.7 Å². The average Bonchev–Trinajstić information content (AvgIpc) is 3.85. The summed E-state index contributed by atoms with van der Waals surface area (Å²) in [6.45, 7) is 6.49. The van der Waals surface area contributed by atoms with Gasteiger partial charge in [0.05, 0.1) is 36.4 Å². The Kier molecular flexibility index (Phi) is 15.7. The van der Waals surface area contributed by atoms with Crippen LogP contribution in [0.5, 0.6) is 5.75 Å². The number of carbonyl (C=O) groups is 5. The molecule has 1 unspecified atom stereocenters. The Hall–Kier alpha value is -7.51. The molecule has 0 radical (unpaired) electrons. The van der Waals surface area contributed by atoms with Crippen molar-refractivity contribution in [3.8, 4) is 29.4 Å². The zero-order chi connectivity index (χ0) is 47.5. The number of methoxy groups -OCH3 is 1. The van der Waals surface area contributed by atoms with E-state index in [0.29, 0.717) is 65.9 Å². The predicted molar refractivity (Wildman–Crippen MR) is 261 cm³/mol. The van der Waals surface area contributed by atoms with Gasteiger partial charge in [-0.3, -0.25) is 34.2 Å². The molecule has 2 aliphatic rings. The number of ether oxygens (including phenoxy) is 1. The minimum Gasteiger partial charge on any atom is -0.494 e. The number of piperidine rings is 1. The maximum Gasteiger partial charge on any atom is 0.255 e. The molecule has 0 spiro atoms. The van der Waals surface area contributed by atoms with Crippen LogP contribution in [-0.4, -0.2) is 100 Å². The van der Waals surface area contributed by atoms with Crippen LogP contribution in [0, 0.1) is 12.3 Å². The fraction of sp³-hybridized carbons (Fsp3) is 0.353. The maximum absolute atomic E-state index is 13.2. The molecule has 7 rings (SSSR count). The molecule has 3 aromatic carbocycles. The van der Waals surface area contributed by atoms with Crippen LogP contribution in [0.15, 0.2) is 85.7 Å². The second-order valence-corrected chi connectivity index (χ2v) is 16.9. The number of nitrogens with zero attached hydrogens (tertiary/aromatic N) is 6. The summed E-state index contributed by atoms with van der Waals surface area (Å²) in [7, 11) is 5.56. The van der Waals surface area contributed by atoms with Crippen LogP contribution in [-0.2, 0) is 32.8 Å². The number of anilines is 5. The van der Waals surface area contributed by atoms with E-state index in [1.807, 2.05) is 44.4 Å². The Morgan fingerprint density at radius 3 is 2.52 bits per heavy atom. The van der Waals surface area contributed by atoms with E-state index < -0.39 is 11.9 Å². The number of hydrogen-bond donors (Lipinski definition) is 4. The Labute approximate surface area is 391 Å². The van der Waals surface area contributed by atoms with Crippen molar-refractivity contribution in [2.75, 3.05) is 61.2 Å². The van der Waals surface area contributed by atoms with Gasteiger partial charge < -0.3 is 35.1 Å². The van der Waals surface area contributed by atoms with Gasteiger partial charge in [0.15, 0.2) is 0 Å². The van der Waals surface area contributed by atoms with Crippen LogP contribution in [0.2, 0.25) is 0 Å². The first-order valence-corrected chi connectivity index (χ1v) is 22.7. The van der Waals surface area contributed by atoms with Gasteiger partial charge in [-0.05, 0) is 62.2 Å². The quantitative estimate of drug-likeness (QED) is 0.0243. The molecule has 5 amide bonds. The third-order valence-corrected chi connectivity index (χ3v) is 12.3. The van der Waals surface area contributed by atoms with Crippen LogP contribution >= 0.6 is 0 Å². The van der Waals surface area contributed by atoms with Crippen molar-refractivity contribution in [2.45, 2.75) is 70.4 Å². The summed E-state index contributed by atoms with van der Waals surface area (Å²) >= 11 is 0. The van der Waals surface area contributed by atoms with E-state index in [-0.39, 0.29) is 43.0 Å². The molecule has 0 bridgehead atoms. The third kappa shape index (κ3) is 11.5. The average molecular weight is 907 g/mol. The summed E-state index contributed by atoms with van der Waals surface area (Å²) < 4.78 is 7.92. The number of terminal acetylenes is 1.